The van der Waals surface area contributed by atoms with Gasteiger partial charge in [-0.25, -0.2) is 0 Å². The summed E-state index contributed by atoms with van der Waals surface area (Å²) in [5.74, 6) is 0. The van der Waals surface area contributed by atoms with Gasteiger partial charge in [-0.2, -0.15) is 0 Å². The Morgan fingerprint density at radius 2 is 1.95 bits per heavy atom. The summed E-state index contributed by atoms with van der Waals surface area (Å²) in [7, 11) is 0. The van der Waals surface area contributed by atoms with E-state index in [0.717, 1.165) is 5.69 Å². The maximum Gasteiger partial charge on any atom is 0.0945 e. The number of rotatable bonds is 7. The number of aliphatic hydroxyl groups is 1. The molecule has 2 N–H and O–H groups in total. The lowest BCUT2D eigenvalue weighted by Gasteiger charge is -2.16. The van der Waals surface area contributed by atoms with Crippen molar-refractivity contribution in [1.29, 1.82) is 0 Å². The number of benzene rings is 1. The van der Waals surface area contributed by atoms with Crippen molar-refractivity contribution in [2.24, 2.45) is 0 Å². The monoisotopic (exact) mass is 291 g/mol. The van der Waals surface area contributed by atoms with Crippen LogP contribution in [0.3, 0.4) is 0 Å². The molecule has 20 heavy (non-hydrogen) atoms. The van der Waals surface area contributed by atoms with Crippen LogP contribution in [-0.4, -0.2) is 24.4 Å². The van der Waals surface area contributed by atoms with Gasteiger partial charge in [0.05, 0.1) is 19.3 Å². The molecule has 2 aromatic rings. The van der Waals surface area contributed by atoms with Crippen LogP contribution in [0.25, 0.3) is 0 Å². The van der Waals surface area contributed by atoms with E-state index in [4.69, 9.17) is 4.74 Å². The molecular weight excluding hydrogens is 270 g/mol. The van der Waals surface area contributed by atoms with E-state index in [1.807, 2.05) is 23.6 Å². The maximum atomic E-state index is 9.94. The van der Waals surface area contributed by atoms with Crippen LogP contribution in [0.4, 0.5) is 5.69 Å². The average molecular weight is 291 g/mol. The summed E-state index contributed by atoms with van der Waals surface area (Å²) < 4.78 is 5.51. The van der Waals surface area contributed by atoms with Crippen LogP contribution in [0.15, 0.2) is 35.7 Å². The number of para-hydroxylation sites is 1. The van der Waals surface area contributed by atoms with Crippen molar-refractivity contribution in [3.05, 3.63) is 51.7 Å². The van der Waals surface area contributed by atoms with Crippen LogP contribution < -0.4 is 5.32 Å². The highest BCUT2D eigenvalue weighted by molar-refractivity contribution is 7.09. The summed E-state index contributed by atoms with van der Waals surface area (Å²) >= 11 is 1.67. The van der Waals surface area contributed by atoms with E-state index >= 15 is 0 Å². The molecule has 0 aliphatic rings. The molecule has 1 unspecified atom stereocenters. The van der Waals surface area contributed by atoms with Crippen LogP contribution in [0.5, 0.6) is 0 Å². The Kier molecular flexibility index (Phi) is 5.59. The van der Waals surface area contributed by atoms with Gasteiger partial charge < -0.3 is 15.2 Å². The Morgan fingerprint density at radius 3 is 2.60 bits per heavy atom. The van der Waals surface area contributed by atoms with Crippen LogP contribution in [0.1, 0.15) is 16.0 Å². The molecule has 0 spiro atoms. The third-order valence-electron chi connectivity index (χ3n) is 3.13. The summed E-state index contributed by atoms with van der Waals surface area (Å²) in [6.45, 7) is 5.54. The molecule has 1 heterocycles. The third kappa shape index (κ3) is 4.34. The van der Waals surface area contributed by atoms with E-state index in [1.165, 1.54) is 16.0 Å². The van der Waals surface area contributed by atoms with Gasteiger partial charge in [0.25, 0.3) is 0 Å². The lowest BCUT2D eigenvalue weighted by molar-refractivity contribution is 0.0359. The van der Waals surface area contributed by atoms with Gasteiger partial charge in [0.15, 0.2) is 0 Å². The van der Waals surface area contributed by atoms with Gasteiger partial charge in [-0.15, -0.1) is 11.3 Å². The molecule has 0 fully saturated rings. The lowest BCUT2D eigenvalue weighted by atomic mass is 10.1. The molecule has 0 aliphatic carbocycles. The normalized spacial score (nSPS) is 12.3. The SMILES string of the molecule is Cc1cccc(C)c1NCC(O)COCc1cccs1. The Bertz CT molecular complexity index is 505. The summed E-state index contributed by atoms with van der Waals surface area (Å²) in [6.07, 6.45) is -0.506. The molecule has 0 bridgehead atoms. The zero-order valence-electron chi connectivity index (χ0n) is 11.9. The number of ether oxygens (including phenoxy) is 1. The topological polar surface area (TPSA) is 41.5 Å². The van der Waals surface area contributed by atoms with Crippen molar-refractivity contribution in [2.45, 2.75) is 26.6 Å². The smallest absolute Gasteiger partial charge is 0.0945 e. The van der Waals surface area contributed by atoms with Crippen molar-refractivity contribution in [3.8, 4) is 0 Å². The number of aliphatic hydroxyl groups excluding tert-OH is 1. The van der Waals surface area contributed by atoms with Gasteiger partial charge in [-0.05, 0) is 36.4 Å². The van der Waals surface area contributed by atoms with Gasteiger partial charge in [-0.3, -0.25) is 0 Å². The van der Waals surface area contributed by atoms with E-state index < -0.39 is 6.10 Å². The first-order valence-corrected chi connectivity index (χ1v) is 7.63. The number of hydrogen-bond acceptors (Lipinski definition) is 4. The second-order valence-corrected chi connectivity index (χ2v) is 5.93. The summed E-state index contributed by atoms with van der Waals surface area (Å²) in [6, 6.07) is 10.2. The second kappa shape index (κ2) is 7.43. The fourth-order valence-corrected chi connectivity index (χ4v) is 2.70. The predicted molar refractivity (Wildman–Crippen MR) is 84.4 cm³/mol. The summed E-state index contributed by atoms with van der Waals surface area (Å²) in [5.41, 5.74) is 3.48. The number of thiophene rings is 1. The Morgan fingerprint density at radius 1 is 1.20 bits per heavy atom. The first-order chi connectivity index (χ1) is 9.66. The van der Waals surface area contributed by atoms with Crippen LogP contribution in [0.2, 0.25) is 0 Å². The first kappa shape index (κ1) is 15.0. The number of nitrogens with one attached hydrogen (secondary N) is 1. The number of hydrogen-bond donors (Lipinski definition) is 2. The molecule has 3 nitrogen and oxygen atoms in total. The van der Waals surface area contributed by atoms with E-state index in [2.05, 4.69) is 31.3 Å². The largest absolute Gasteiger partial charge is 0.389 e. The van der Waals surface area contributed by atoms with Crippen molar-refractivity contribution in [2.75, 3.05) is 18.5 Å². The van der Waals surface area contributed by atoms with Crippen LogP contribution >= 0.6 is 11.3 Å². The average Bonchev–Trinajstić information content (AvgIpc) is 2.91. The van der Waals surface area contributed by atoms with E-state index in [9.17, 15) is 5.11 Å². The quantitative estimate of drug-likeness (QED) is 0.822. The van der Waals surface area contributed by atoms with Crippen LogP contribution in [0, 0.1) is 13.8 Å². The molecule has 1 aromatic carbocycles. The Labute approximate surface area is 124 Å². The zero-order valence-corrected chi connectivity index (χ0v) is 12.7. The van der Waals surface area contributed by atoms with E-state index in [1.54, 1.807) is 11.3 Å². The van der Waals surface area contributed by atoms with Crippen molar-refractivity contribution < 1.29 is 9.84 Å². The first-order valence-electron chi connectivity index (χ1n) is 6.75. The lowest BCUT2D eigenvalue weighted by Crippen LogP contribution is -2.25. The molecule has 2 rings (SSSR count). The Hall–Kier alpha value is -1.36. The molecule has 108 valence electrons. The standard InChI is InChI=1S/C16H21NO2S/c1-12-5-3-6-13(2)16(12)17-9-14(18)10-19-11-15-7-4-8-20-15/h3-8,14,17-18H,9-11H2,1-2H3. The molecule has 0 radical (unpaired) electrons. The number of aryl methyl sites for hydroxylation is 2. The minimum Gasteiger partial charge on any atom is -0.389 e. The van der Waals surface area contributed by atoms with Gasteiger partial charge in [0.2, 0.25) is 0 Å². The highest BCUT2D eigenvalue weighted by atomic mass is 32.1. The van der Waals surface area contributed by atoms with Crippen LogP contribution in [-0.2, 0) is 11.3 Å². The highest BCUT2D eigenvalue weighted by Gasteiger charge is 2.07. The molecule has 0 aliphatic heterocycles. The molecule has 0 saturated carbocycles. The zero-order chi connectivity index (χ0) is 14.4. The van der Waals surface area contributed by atoms with Gasteiger partial charge in [-0.1, -0.05) is 24.3 Å². The molecule has 0 amide bonds. The molecule has 1 atom stereocenters. The molecule has 1 aromatic heterocycles. The fraction of sp³-hybridized carbons (Fsp3) is 0.375. The summed E-state index contributed by atoms with van der Waals surface area (Å²) in [5, 5.41) is 15.3. The Balaban J connectivity index is 1.73. The van der Waals surface area contributed by atoms with Gasteiger partial charge in [0, 0.05) is 17.1 Å². The van der Waals surface area contributed by atoms with Crippen molar-refractivity contribution >= 4 is 17.0 Å². The minimum absolute atomic E-state index is 0.343. The number of anilines is 1. The summed E-state index contributed by atoms with van der Waals surface area (Å²) in [4.78, 5) is 1.18. The van der Waals surface area contributed by atoms with Crippen molar-refractivity contribution in [3.63, 3.8) is 0 Å². The van der Waals surface area contributed by atoms with Gasteiger partial charge >= 0.3 is 0 Å². The minimum atomic E-state index is -0.506. The second-order valence-electron chi connectivity index (χ2n) is 4.90. The predicted octanol–water partition coefficient (Wildman–Crippen LogP) is 3.35. The highest BCUT2D eigenvalue weighted by Crippen LogP contribution is 2.19. The molecule has 4 heteroatoms. The van der Waals surface area contributed by atoms with Crippen molar-refractivity contribution in [1.82, 2.24) is 0 Å². The van der Waals surface area contributed by atoms with Gasteiger partial charge in [0.1, 0.15) is 0 Å². The van der Waals surface area contributed by atoms with E-state index in [-0.39, 0.29) is 0 Å². The fourth-order valence-electron chi connectivity index (χ4n) is 2.06. The maximum absolute atomic E-state index is 9.94. The molecular formula is C16H21NO2S. The van der Waals surface area contributed by atoms with E-state index in [0.29, 0.717) is 19.8 Å². The molecule has 0 saturated heterocycles. The third-order valence-corrected chi connectivity index (χ3v) is 3.98.